The molecule has 0 unspecified atom stereocenters. The van der Waals surface area contributed by atoms with Gasteiger partial charge in [0.1, 0.15) is 0 Å². The lowest BCUT2D eigenvalue weighted by Crippen LogP contribution is -2.14. The Bertz CT molecular complexity index is 366. The van der Waals surface area contributed by atoms with E-state index in [-0.39, 0.29) is 5.41 Å². The first-order valence-electron chi connectivity index (χ1n) is 5.09. The van der Waals surface area contributed by atoms with Crippen LogP contribution in [0.15, 0.2) is 36.6 Å². The Balaban J connectivity index is 2.36. The van der Waals surface area contributed by atoms with Crippen molar-refractivity contribution in [3.63, 3.8) is 0 Å². The summed E-state index contributed by atoms with van der Waals surface area (Å²) in [4.78, 5) is 3.26. The number of rotatable bonds is 1. The zero-order chi connectivity index (χ0) is 10.2. The Labute approximate surface area is 85.5 Å². The highest BCUT2D eigenvalue weighted by Gasteiger charge is 2.23. The van der Waals surface area contributed by atoms with E-state index in [1.807, 2.05) is 12.3 Å². The maximum absolute atomic E-state index is 4.12. The highest BCUT2D eigenvalue weighted by Crippen LogP contribution is 2.39. The summed E-state index contributed by atoms with van der Waals surface area (Å²) in [6, 6.07) is 4.17. The second kappa shape index (κ2) is 3.16. The van der Waals surface area contributed by atoms with Crippen molar-refractivity contribution in [3.05, 3.63) is 42.3 Å². The number of hydrogen-bond donors (Lipinski definition) is 1. The highest BCUT2D eigenvalue weighted by molar-refractivity contribution is 5.67. The zero-order valence-corrected chi connectivity index (χ0v) is 8.93. The molecule has 0 bridgehead atoms. The van der Waals surface area contributed by atoms with E-state index in [1.165, 1.54) is 16.8 Å². The number of H-pyrrole nitrogens is 1. The van der Waals surface area contributed by atoms with Gasteiger partial charge in [-0.3, -0.25) is 0 Å². The molecule has 0 aromatic carbocycles. The summed E-state index contributed by atoms with van der Waals surface area (Å²) >= 11 is 0. The SMILES string of the molecule is C=C1CC(c2ccc[nH]2)=CC(C)(C)C1. The average Bonchev–Trinajstić information content (AvgIpc) is 2.51. The molecule has 1 N–H and O–H groups in total. The van der Waals surface area contributed by atoms with Crippen LogP contribution in [0.5, 0.6) is 0 Å². The van der Waals surface area contributed by atoms with E-state index in [9.17, 15) is 0 Å². The molecule has 0 amide bonds. The lowest BCUT2D eigenvalue weighted by molar-refractivity contribution is 0.463. The fourth-order valence-corrected chi connectivity index (χ4v) is 2.25. The van der Waals surface area contributed by atoms with Gasteiger partial charge in [-0.1, -0.05) is 32.1 Å². The van der Waals surface area contributed by atoms with Crippen molar-refractivity contribution in [1.29, 1.82) is 0 Å². The van der Waals surface area contributed by atoms with E-state index in [2.05, 4.69) is 37.6 Å². The van der Waals surface area contributed by atoms with Gasteiger partial charge in [0, 0.05) is 11.9 Å². The molecular formula is C13H17N. The number of allylic oxidation sites excluding steroid dienone is 3. The maximum Gasteiger partial charge on any atom is 0.0413 e. The van der Waals surface area contributed by atoms with Gasteiger partial charge in [0.25, 0.3) is 0 Å². The molecule has 1 nitrogen and oxygen atoms in total. The van der Waals surface area contributed by atoms with Gasteiger partial charge in [-0.25, -0.2) is 0 Å². The van der Waals surface area contributed by atoms with E-state index in [4.69, 9.17) is 0 Å². The van der Waals surface area contributed by atoms with Crippen LogP contribution >= 0.6 is 0 Å². The molecular weight excluding hydrogens is 170 g/mol. The molecule has 0 radical (unpaired) electrons. The minimum absolute atomic E-state index is 0.260. The molecule has 1 aliphatic rings. The molecule has 0 saturated heterocycles. The summed E-state index contributed by atoms with van der Waals surface area (Å²) in [5.74, 6) is 0. The van der Waals surface area contributed by atoms with Crippen LogP contribution in [0.25, 0.3) is 5.57 Å². The molecule has 1 aromatic heterocycles. The topological polar surface area (TPSA) is 15.8 Å². The molecule has 0 spiro atoms. The number of aromatic nitrogens is 1. The van der Waals surface area contributed by atoms with E-state index < -0.39 is 0 Å². The van der Waals surface area contributed by atoms with Crippen molar-refractivity contribution >= 4 is 5.57 Å². The van der Waals surface area contributed by atoms with Gasteiger partial charge in [0.15, 0.2) is 0 Å². The molecule has 0 aliphatic heterocycles. The summed E-state index contributed by atoms with van der Waals surface area (Å²) in [7, 11) is 0. The van der Waals surface area contributed by atoms with Crippen LogP contribution in [0.4, 0.5) is 0 Å². The lowest BCUT2D eigenvalue weighted by Gasteiger charge is -2.28. The van der Waals surface area contributed by atoms with Crippen molar-refractivity contribution < 1.29 is 0 Å². The van der Waals surface area contributed by atoms with Gasteiger partial charge in [-0.2, -0.15) is 0 Å². The van der Waals surface area contributed by atoms with Crippen LogP contribution < -0.4 is 0 Å². The molecule has 74 valence electrons. The van der Waals surface area contributed by atoms with Crippen LogP contribution in [-0.2, 0) is 0 Å². The quantitative estimate of drug-likeness (QED) is 0.644. The number of aromatic amines is 1. The number of nitrogens with one attached hydrogen (secondary N) is 1. The standard InChI is InChI=1S/C13H17N/c1-10-7-11(9-13(2,3)8-10)12-5-4-6-14-12/h4-6,9,14H,1,7-8H2,2-3H3. The fourth-order valence-electron chi connectivity index (χ4n) is 2.25. The minimum Gasteiger partial charge on any atom is -0.361 e. The van der Waals surface area contributed by atoms with E-state index in [0.29, 0.717) is 0 Å². The summed E-state index contributed by atoms with van der Waals surface area (Å²) < 4.78 is 0. The summed E-state index contributed by atoms with van der Waals surface area (Å²) in [5.41, 5.74) is 4.22. The molecule has 2 rings (SSSR count). The van der Waals surface area contributed by atoms with Crippen LogP contribution in [0, 0.1) is 5.41 Å². The first-order valence-corrected chi connectivity index (χ1v) is 5.09. The predicted octanol–water partition coefficient (Wildman–Crippen LogP) is 3.77. The molecule has 14 heavy (non-hydrogen) atoms. The Kier molecular flexibility index (Phi) is 2.10. The van der Waals surface area contributed by atoms with Crippen molar-refractivity contribution in [1.82, 2.24) is 4.98 Å². The van der Waals surface area contributed by atoms with Crippen LogP contribution in [0.2, 0.25) is 0 Å². The first kappa shape index (κ1) is 9.32. The van der Waals surface area contributed by atoms with Crippen molar-refractivity contribution in [2.75, 3.05) is 0 Å². The third-order valence-corrected chi connectivity index (χ3v) is 2.65. The van der Waals surface area contributed by atoms with Gasteiger partial charge in [0.05, 0.1) is 0 Å². The smallest absolute Gasteiger partial charge is 0.0413 e. The van der Waals surface area contributed by atoms with Gasteiger partial charge in [-0.05, 0) is 36.0 Å². The third-order valence-electron chi connectivity index (χ3n) is 2.65. The van der Waals surface area contributed by atoms with Crippen molar-refractivity contribution in [3.8, 4) is 0 Å². The molecule has 1 aromatic rings. The van der Waals surface area contributed by atoms with Crippen molar-refractivity contribution in [2.24, 2.45) is 5.41 Å². The zero-order valence-electron chi connectivity index (χ0n) is 8.93. The van der Waals surface area contributed by atoms with E-state index >= 15 is 0 Å². The first-order chi connectivity index (χ1) is 6.57. The Hall–Kier alpha value is -1.24. The molecule has 0 fully saturated rings. The minimum atomic E-state index is 0.260. The summed E-state index contributed by atoms with van der Waals surface area (Å²) in [5, 5.41) is 0. The van der Waals surface area contributed by atoms with Crippen molar-refractivity contribution in [2.45, 2.75) is 26.7 Å². The fraction of sp³-hybridized carbons (Fsp3) is 0.385. The van der Waals surface area contributed by atoms with Gasteiger partial charge in [-0.15, -0.1) is 0 Å². The summed E-state index contributed by atoms with van der Waals surface area (Å²) in [6.45, 7) is 8.64. The van der Waals surface area contributed by atoms with Crippen LogP contribution in [0.1, 0.15) is 32.4 Å². The lowest BCUT2D eigenvalue weighted by atomic mass is 9.77. The Morgan fingerprint density at radius 2 is 2.21 bits per heavy atom. The number of hydrogen-bond acceptors (Lipinski definition) is 0. The normalized spacial score (nSPS) is 20.7. The van der Waals surface area contributed by atoms with E-state index in [0.717, 1.165) is 12.8 Å². The second-order valence-electron chi connectivity index (χ2n) is 4.85. The highest BCUT2D eigenvalue weighted by atomic mass is 14.7. The van der Waals surface area contributed by atoms with Crippen LogP contribution in [-0.4, -0.2) is 4.98 Å². The molecule has 1 heterocycles. The van der Waals surface area contributed by atoms with E-state index in [1.54, 1.807) is 0 Å². The average molecular weight is 187 g/mol. The molecule has 0 saturated carbocycles. The summed E-state index contributed by atoms with van der Waals surface area (Å²) in [6.07, 6.45) is 6.47. The molecule has 1 heteroatoms. The third kappa shape index (κ3) is 1.82. The molecule has 0 atom stereocenters. The predicted molar refractivity (Wildman–Crippen MR) is 60.9 cm³/mol. The second-order valence-corrected chi connectivity index (χ2v) is 4.85. The monoisotopic (exact) mass is 187 g/mol. The van der Waals surface area contributed by atoms with Gasteiger partial charge < -0.3 is 4.98 Å². The van der Waals surface area contributed by atoms with Crippen LogP contribution in [0.3, 0.4) is 0 Å². The van der Waals surface area contributed by atoms with Gasteiger partial charge >= 0.3 is 0 Å². The maximum atomic E-state index is 4.12. The Morgan fingerprint density at radius 3 is 2.79 bits per heavy atom. The molecule has 1 aliphatic carbocycles. The van der Waals surface area contributed by atoms with Gasteiger partial charge in [0.2, 0.25) is 0 Å². The Morgan fingerprint density at radius 1 is 1.43 bits per heavy atom. The largest absolute Gasteiger partial charge is 0.361 e.